The van der Waals surface area contributed by atoms with E-state index in [2.05, 4.69) is 10.2 Å². The van der Waals surface area contributed by atoms with Crippen molar-refractivity contribution in [1.29, 1.82) is 0 Å². The molecule has 68 valence electrons. The van der Waals surface area contributed by atoms with Crippen LogP contribution in [0.1, 0.15) is 26.2 Å². The van der Waals surface area contributed by atoms with Crippen LogP contribution in [0.3, 0.4) is 0 Å². The van der Waals surface area contributed by atoms with Crippen LogP contribution >= 0.6 is 0 Å². The molecule has 0 bridgehead atoms. The summed E-state index contributed by atoms with van der Waals surface area (Å²) >= 11 is 0. The van der Waals surface area contributed by atoms with Crippen LogP contribution in [0.2, 0.25) is 0 Å². The Hall–Kier alpha value is -0.570. The summed E-state index contributed by atoms with van der Waals surface area (Å²) in [5.74, 6) is 0.301. The van der Waals surface area contributed by atoms with Crippen molar-refractivity contribution < 1.29 is 4.79 Å². The molecule has 2 aliphatic rings. The Balaban J connectivity index is 2.03. The number of hydrogen-bond donors (Lipinski definition) is 1. The van der Waals surface area contributed by atoms with Gasteiger partial charge in [0.1, 0.15) is 0 Å². The minimum Gasteiger partial charge on any atom is -0.338 e. The van der Waals surface area contributed by atoms with Gasteiger partial charge in [-0.25, -0.2) is 0 Å². The highest BCUT2D eigenvalue weighted by atomic mass is 16.2. The summed E-state index contributed by atoms with van der Waals surface area (Å²) in [6, 6.07) is 0.618. The zero-order chi connectivity index (χ0) is 8.55. The van der Waals surface area contributed by atoms with Gasteiger partial charge in [0.15, 0.2) is 0 Å². The van der Waals surface area contributed by atoms with Crippen LogP contribution in [0.15, 0.2) is 0 Å². The van der Waals surface area contributed by atoms with Gasteiger partial charge in [-0.1, -0.05) is 0 Å². The molecule has 2 fully saturated rings. The zero-order valence-corrected chi connectivity index (χ0v) is 7.55. The van der Waals surface area contributed by atoms with Gasteiger partial charge in [0.2, 0.25) is 5.91 Å². The van der Waals surface area contributed by atoms with E-state index >= 15 is 0 Å². The molecular formula is C9H16N2O. The Labute approximate surface area is 73.1 Å². The van der Waals surface area contributed by atoms with E-state index in [1.807, 2.05) is 6.92 Å². The lowest BCUT2D eigenvalue weighted by Gasteiger charge is -2.21. The lowest BCUT2D eigenvalue weighted by Crippen LogP contribution is -2.42. The molecule has 1 saturated carbocycles. The Kier molecular flexibility index (Phi) is 2.05. The van der Waals surface area contributed by atoms with Gasteiger partial charge in [-0.2, -0.15) is 0 Å². The maximum absolute atomic E-state index is 11.7. The van der Waals surface area contributed by atoms with E-state index in [-0.39, 0.29) is 6.04 Å². The Morgan fingerprint density at radius 2 is 2.25 bits per heavy atom. The molecule has 1 amide bonds. The number of nitrogens with one attached hydrogen (secondary N) is 1. The normalized spacial score (nSPS) is 31.9. The number of carbonyl (C=O) groups excluding carboxylic acids is 1. The van der Waals surface area contributed by atoms with Gasteiger partial charge < -0.3 is 10.2 Å². The maximum Gasteiger partial charge on any atom is 0.239 e. The largest absolute Gasteiger partial charge is 0.338 e. The van der Waals surface area contributed by atoms with Gasteiger partial charge in [0.25, 0.3) is 0 Å². The topological polar surface area (TPSA) is 32.3 Å². The third kappa shape index (κ3) is 1.46. The van der Waals surface area contributed by atoms with E-state index in [0.29, 0.717) is 11.9 Å². The molecule has 1 aliphatic heterocycles. The predicted molar refractivity (Wildman–Crippen MR) is 46.8 cm³/mol. The highest BCUT2D eigenvalue weighted by molar-refractivity contribution is 5.82. The van der Waals surface area contributed by atoms with Gasteiger partial charge in [0, 0.05) is 12.6 Å². The lowest BCUT2D eigenvalue weighted by atomic mass is 10.3. The van der Waals surface area contributed by atoms with Crippen molar-refractivity contribution in [2.75, 3.05) is 13.1 Å². The summed E-state index contributed by atoms with van der Waals surface area (Å²) in [4.78, 5) is 13.8. The second-order valence-electron chi connectivity index (χ2n) is 3.79. The van der Waals surface area contributed by atoms with E-state index in [0.717, 1.165) is 19.5 Å². The quantitative estimate of drug-likeness (QED) is 0.613. The second kappa shape index (κ2) is 3.05. The standard InChI is InChI=1S/C9H16N2O/c1-7-9(12)11(8-3-4-8)6-2-5-10-7/h7-8,10H,2-6H2,1H3/t7-/m1/s1. The molecule has 1 atom stereocenters. The fraction of sp³-hybridized carbons (Fsp3) is 0.889. The molecule has 12 heavy (non-hydrogen) atoms. The highest BCUT2D eigenvalue weighted by Gasteiger charge is 2.35. The summed E-state index contributed by atoms with van der Waals surface area (Å²) in [5, 5.41) is 3.22. The SMILES string of the molecule is C[C@H]1NCCCN(C2CC2)C1=O. The molecule has 1 heterocycles. The second-order valence-corrected chi connectivity index (χ2v) is 3.79. The summed E-state index contributed by atoms with van der Waals surface area (Å²) in [6.07, 6.45) is 3.55. The molecule has 1 aliphatic carbocycles. The summed E-state index contributed by atoms with van der Waals surface area (Å²) < 4.78 is 0. The Morgan fingerprint density at radius 1 is 1.50 bits per heavy atom. The predicted octanol–water partition coefficient (Wildman–Crippen LogP) is 0.359. The lowest BCUT2D eigenvalue weighted by molar-refractivity contribution is -0.132. The molecule has 3 heteroatoms. The minimum atomic E-state index is 0.0353. The first-order valence-corrected chi connectivity index (χ1v) is 4.83. The van der Waals surface area contributed by atoms with Crippen LogP contribution in [-0.4, -0.2) is 36.0 Å². The molecule has 0 radical (unpaired) electrons. The van der Waals surface area contributed by atoms with Gasteiger partial charge >= 0.3 is 0 Å². The highest BCUT2D eigenvalue weighted by Crippen LogP contribution is 2.27. The minimum absolute atomic E-state index is 0.0353. The molecule has 2 rings (SSSR count). The molecule has 0 aromatic rings. The van der Waals surface area contributed by atoms with E-state index in [9.17, 15) is 4.79 Å². The first kappa shape index (κ1) is 8.05. The number of carbonyl (C=O) groups is 1. The first-order valence-electron chi connectivity index (χ1n) is 4.83. The van der Waals surface area contributed by atoms with E-state index in [1.165, 1.54) is 12.8 Å². The van der Waals surface area contributed by atoms with Crippen molar-refractivity contribution in [1.82, 2.24) is 10.2 Å². The van der Waals surface area contributed by atoms with Crippen LogP contribution in [0.5, 0.6) is 0 Å². The maximum atomic E-state index is 11.7. The molecule has 3 nitrogen and oxygen atoms in total. The molecule has 1 saturated heterocycles. The number of nitrogens with zero attached hydrogens (tertiary/aromatic N) is 1. The summed E-state index contributed by atoms with van der Waals surface area (Å²) in [5.41, 5.74) is 0. The molecule has 0 unspecified atom stereocenters. The van der Waals surface area contributed by atoms with E-state index in [4.69, 9.17) is 0 Å². The average molecular weight is 168 g/mol. The van der Waals surface area contributed by atoms with Crippen molar-refractivity contribution >= 4 is 5.91 Å². The molecular weight excluding hydrogens is 152 g/mol. The van der Waals surface area contributed by atoms with Gasteiger partial charge in [-0.05, 0) is 32.7 Å². The smallest absolute Gasteiger partial charge is 0.239 e. The van der Waals surface area contributed by atoms with Crippen LogP contribution in [0, 0.1) is 0 Å². The third-order valence-electron chi connectivity index (χ3n) is 2.67. The van der Waals surface area contributed by atoms with Crippen molar-refractivity contribution in [3.8, 4) is 0 Å². The zero-order valence-electron chi connectivity index (χ0n) is 7.55. The van der Waals surface area contributed by atoms with Crippen molar-refractivity contribution in [2.45, 2.75) is 38.3 Å². The van der Waals surface area contributed by atoms with Crippen LogP contribution in [-0.2, 0) is 4.79 Å². The monoisotopic (exact) mass is 168 g/mol. The van der Waals surface area contributed by atoms with Crippen molar-refractivity contribution in [3.63, 3.8) is 0 Å². The van der Waals surface area contributed by atoms with Crippen LogP contribution < -0.4 is 5.32 Å². The number of rotatable bonds is 1. The average Bonchev–Trinajstić information content (AvgIpc) is 2.84. The fourth-order valence-electron chi connectivity index (χ4n) is 1.76. The number of hydrogen-bond acceptors (Lipinski definition) is 2. The molecule has 1 N–H and O–H groups in total. The van der Waals surface area contributed by atoms with Crippen LogP contribution in [0.25, 0.3) is 0 Å². The van der Waals surface area contributed by atoms with Crippen LogP contribution in [0.4, 0.5) is 0 Å². The van der Waals surface area contributed by atoms with Gasteiger partial charge in [-0.3, -0.25) is 4.79 Å². The molecule has 0 aromatic carbocycles. The van der Waals surface area contributed by atoms with Crippen molar-refractivity contribution in [2.24, 2.45) is 0 Å². The Bertz CT molecular complexity index is 189. The molecule has 0 spiro atoms. The van der Waals surface area contributed by atoms with Gasteiger partial charge in [-0.15, -0.1) is 0 Å². The molecule has 0 aromatic heterocycles. The Morgan fingerprint density at radius 3 is 2.92 bits per heavy atom. The number of amides is 1. The fourth-order valence-corrected chi connectivity index (χ4v) is 1.76. The van der Waals surface area contributed by atoms with E-state index < -0.39 is 0 Å². The summed E-state index contributed by atoms with van der Waals surface area (Å²) in [6.45, 7) is 3.90. The first-order chi connectivity index (χ1) is 5.79. The van der Waals surface area contributed by atoms with Crippen molar-refractivity contribution in [3.05, 3.63) is 0 Å². The third-order valence-corrected chi connectivity index (χ3v) is 2.67. The van der Waals surface area contributed by atoms with E-state index in [1.54, 1.807) is 0 Å². The summed E-state index contributed by atoms with van der Waals surface area (Å²) in [7, 11) is 0. The van der Waals surface area contributed by atoms with Gasteiger partial charge in [0.05, 0.1) is 6.04 Å².